The molecule has 47 heavy (non-hydrogen) atoms. The van der Waals surface area contributed by atoms with Crippen molar-refractivity contribution in [3.05, 3.63) is 198 Å². The lowest BCUT2D eigenvalue weighted by atomic mass is 9.70. The van der Waals surface area contributed by atoms with Gasteiger partial charge in [0.25, 0.3) is 0 Å². The van der Waals surface area contributed by atoms with Crippen LogP contribution in [0.1, 0.15) is 22.3 Å². The predicted molar refractivity (Wildman–Crippen MR) is 194 cm³/mol. The molecule has 0 unspecified atom stereocenters. The van der Waals surface area contributed by atoms with Crippen molar-refractivity contribution < 1.29 is 0 Å². The van der Waals surface area contributed by atoms with Crippen LogP contribution in [-0.2, 0) is 5.41 Å². The third kappa shape index (κ3) is 3.69. The lowest BCUT2D eigenvalue weighted by molar-refractivity contribution is 0.794. The number of rotatable bonds is 3. The highest BCUT2D eigenvalue weighted by Gasteiger charge is 2.51. The van der Waals surface area contributed by atoms with Gasteiger partial charge in [-0.1, -0.05) is 152 Å². The second-order valence-corrected chi connectivity index (χ2v) is 12.7. The van der Waals surface area contributed by atoms with Crippen molar-refractivity contribution in [1.82, 2.24) is 4.98 Å². The molecule has 0 radical (unpaired) electrons. The van der Waals surface area contributed by atoms with Gasteiger partial charge in [-0.25, -0.2) is 0 Å². The van der Waals surface area contributed by atoms with Crippen molar-refractivity contribution in [3.63, 3.8) is 0 Å². The van der Waals surface area contributed by atoms with Crippen LogP contribution in [0.5, 0.6) is 0 Å². The average Bonchev–Trinajstić information content (AvgIpc) is 3.62. The summed E-state index contributed by atoms with van der Waals surface area (Å²) in [7, 11) is 0. The Morgan fingerprint density at radius 3 is 1.51 bits per heavy atom. The first-order valence-corrected chi connectivity index (χ1v) is 16.3. The summed E-state index contributed by atoms with van der Waals surface area (Å²) in [5, 5.41) is 1.16. The molecule has 0 N–H and O–H groups in total. The zero-order valence-electron chi connectivity index (χ0n) is 25.7. The van der Waals surface area contributed by atoms with Gasteiger partial charge in [0.05, 0.1) is 10.9 Å². The Morgan fingerprint density at radius 1 is 0.319 bits per heavy atom. The van der Waals surface area contributed by atoms with E-state index in [2.05, 4.69) is 169 Å². The summed E-state index contributed by atoms with van der Waals surface area (Å²) in [6.45, 7) is 0. The Labute approximate surface area is 274 Å². The Hall–Kier alpha value is -6.05. The van der Waals surface area contributed by atoms with Crippen LogP contribution in [0.25, 0.3) is 66.5 Å². The molecule has 10 rings (SSSR count). The first-order chi connectivity index (χ1) is 23.3. The van der Waals surface area contributed by atoms with E-state index >= 15 is 0 Å². The third-order valence-electron chi connectivity index (χ3n) is 10.4. The first-order valence-electron chi connectivity index (χ1n) is 16.3. The fourth-order valence-corrected chi connectivity index (χ4v) is 8.34. The van der Waals surface area contributed by atoms with Gasteiger partial charge in [0.15, 0.2) is 0 Å². The average molecular weight is 596 g/mol. The van der Waals surface area contributed by atoms with Crippen LogP contribution in [0.3, 0.4) is 0 Å². The van der Waals surface area contributed by atoms with E-state index in [-0.39, 0.29) is 5.41 Å². The third-order valence-corrected chi connectivity index (χ3v) is 10.4. The van der Waals surface area contributed by atoms with Crippen molar-refractivity contribution >= 4 is 10.9 Å². The maximum absolute atomic E-state index is 4.67. The standard InChI is InChI=1S/C46H29N/c1-4-18-41-37(14-1)38-15-2-5-19-42(38)46(41)43-20-6-3-16-39(43)40-29-35(25-26-44(40)46)34-12-7-11-33(28-34)30-21-23-31(24-22-30)36-17-8-10-32-13-9-27-47-45(32)36/h1-29H. The Balaban J connectivity index is 1.07. The largest absolute Gasteiger partial charge is 0.256 e. The number of para-hydroxylation sites is 1. The summed E-state index contributed by atoms with van der Waals surface area (Å²) in [4.78, 5) is 4.67. The lowest BCUT2D eigenvalue weighted by Gasteiger charge is -2.30. The van der Waals surface area contributed by atoms with Gasteiger partial charge in [0.2, 0.25) is 0 Å². The first kappa shape index (κ1) is 26.2. The molecule has 0 aliphatic heterocycles. The summed E-state index contributed by atoms with van der Waals surface area (Å²) in [6.07, 6.45) is 1.87. The van der Waals surface area contributed by atoms with E-state index in [9.17, 15) is 0 Å². The van der Waals surface area contributed by atoms with Crippen LogP contribution in [0.4, 0.5) is 0 Å². The number of benzene rings is 7. The quantitative estimate of drug-likeness (QED) is 0.198. The molecule has 0 fully saturated rings. The van der Waals surface area contributed by atoms with Gasteiger partial charge in [-0.05, 0) is 90.5 Å². The molecule has 218 valence electrons. The smallest absolute Gasteiger partial charge is 0.0780 e. The molecule has 2 aliphatic carbocycles. The Morgan fingerprint density at radius 2 is 0.809 bits per heavy atom. The fraction of sp³-hybridized carbons (Fsp3) is 0.0217. The van der Waals surface area contributed by atoms with E-state index in [0.717, 1.165) is 16.5 Å². The van der Waals surface area contributed by atoms with Gasteiger partial charge in [0, 0.05) is 17.1 Å². The number of fused-ring (bicyclic) bond motifs is 11. The van der Waals surface area contributed by atoms with Gasteiger partial charge in [-0.15, -0.1) is 0 Å². The van der Waals surface area contributed by atoms with E-state index in [1.807, 2.05) is 12.3 Å². The highest BCUT2D eigenvalue weighted by Crippen LogP contribution is 2.62. The highest BCUT2D eigenvalue weighted by atomic mass is 14.6. The maximum atomic E-state index is 4.67. The van der Waals surface area contributed by atoms with Crippen molar-refractivity contribution in [3.8, 4) is 55.6 Å². The van der Waals surface area contributed by atoms with Crippen LogP contribution in [0.2, 0.25) is 0 Å². The number of pyridine rings is 1. The highest BCUT2D eigenvalue weighted by molar-refractivity contribution is 5.96. The minimum Gasteiger partial charge on any atom is -0.256 e. The summed E-state index contributed by atoms with van der Waals surface area (Å²) in [5.74, 6) is 0. The maximum Gasteiger partial charge on any atom is 0.0780 e. The summed E-state index contributed by atoms with van der Waals surface area (Å²) < 4.78 is 0. The summed E-state index contributed by atoms with van der Waals surface area (Å²) >= 11 is 0. The summed E-state index contributed by atoms with van der Waals surface area (Å²) in [5.41, 5.74) is 18.8. The van der Waals surface area contributed by atoms with Crippen LogP contribution in [0.15, 0.2) is 176 Å². The Bertz CT molecular complexity index is 2470. The molecular weight excluding hydrogens is 567 g/mol. The molecule has 0 saturated carbocycles. The van der Waals surface area contributed by atoms with E-state index in [1.165, 1.54) is 72.3 Å². The number of hydrogen-bond donors (Lipinski definition) is 0. The van der Waals surface area contributed by atoms with E-state index in [4.69, 9.17) is 0 Å². The Kier molecular flexibility index (Phi) is 5.56. The van der Waals surface area contributed by atoms with Crippen LogP contribution < -0.4 is 0 Å². The van der Waals surface area contributed by atoms with Gasteiger partial charge in [-0.2, -0.15) is 0 Å². The molecule has 2 aliphatic rings. The second kappa shape index (κ2) is 9.97. The molecule has 1 spiro atoms. The van der Waals surface area contributed by atoms with Crippen molar-refractivity contribution in [2.75, 3.05) is 0 Å². The van der Waals surface area contributed by atoms with Gasteiger partial charge in [0.1, 0.15) is 0 Å². The molecule has 1 nitrogen and oxygen atoms in total. The monoisotopic (exact) mass is 595 g/mol. The molecule has 7 aromatic carbocycles. The van der Waals surface area contributed by atoms with Crippen molar-refractivity contribution in [2.24, 2.45) is 0 Å². The van der Waals surface area contributed by atoms with Crippen LogP contribution in [0, 0.1) is 0 Å². The normalized spacial score (nSPS) is 13.3. The SMILES string of the molecule is c1cc(-c2ccc(-c3cccc4cccnc34)cc2)cc(-c2ccc3c(c2)-c2ccccc2C32c3ccccc3-c3ccccc32)c1. The molecule has 0 bridgehead atoms. The molecule has 8 aromatic rings. The molecule has 0 saturated heterocycles. The fourth-order valence-electron chi connectivity index (χ4n) is 8.34. The van der Waals surface area contributed by atoms with E-state index in [1.54, 1.807) is 0 Å². The molecular formula is C46H29N. The molecule has 1 aromatic heterocycles. The molecule has 1 heterocycles. The molecule has 0 atom stereocenters. The van der Waals surface area contributed by atoms with E-state index in [0.29, 0.717) is 0 Å². The zero-order chi connectivity index (χ0) is 31.0. The van der Waals surface area contributed by atoms with Gasteiger partial charge >= 0.3 is 0 Å². The van der Waals surface area contributed by atoms with Gasteiger partial charge in [-0.3, -0.25) is 4.98 Å². The minimum atomic E-state index is -0.305. The molecule has 0 amide bonds. The topological polar surface area (TPSA) is 12.9 Å². The predicted octanol–water partition coefficient (Wildman–Crippen LogP) is 11.6. The number of nitrogens with zero attached hydrogens (tertiary/aromatic N) is 1. The van der Waals surface area contributed by atoms with Crippen molar-refractivity contribution in [1.29, 1.82) is 0 Å². The zero-order valence-corrected chi connectivity index (χ0v) is 25.7. The van der Waals surface area contributed by atoms with Crippen LogP contribution in [-0.4, -0.2) is 4.98 Å². The number of aromatic nitrogens is 1. The molecule has 1 heteroatoms. The van der Waals surface area contributed by atoms with Crippen molar-refractivity contribution in [2.45, 2.75) is 5.41 Å². The van der Waals surface area contributed by atoms with Gasteiger partial charge < -0.3 is 0 Å². The van der Waals surface area contributed by atoms with Crippen LogP contribution >= 0.6 is 0 Å². The minimum absolute atomic E-state index is 0.305. The van der Waals surface area contributed by atoms with E-state index < -0.39 is 0 Å². The lowest BCUT2D eigenvalue weighted by Crippen LogP contribution is -2.25. The number of hydrogen-bond acceptors (Lipinski definition) is 1. The summed E-state index contributed by atoms with van der Waals surface area (Å²) in [6, 6.07) is 62.5. The second-order valence-electron chi connectivity index (χ2n) is 12.7.